The maximum atomic E-state index is 10.8. The Hall–Kier alpha value is -0.650. The number of hydrogen-bond acceptors (Lipinski definition) is 4. The van der Waals surface area contributed by atoms with Crippen molar-refractivity contribution in [3.05, 3.63) is 0 Å². The van der Waals surface area contributed by atoms with E-state index in [4.69, 9.17) is 14.6 Å². The summed E-state index contributed by atoms with van der Waals surface area (Å²) >= 11 is 0. The highest BCUT2D eigenvalue weighted by molar-refractivity contribution is 5.67. The Morgan fingerprint density at radius 3 is 2.47 bits per heavy atom. The van der Waals surface area contributed by atoms with Crippen LogP contribution in [-0.4, -0.2) is 61.5 Å². The van der Waals surface area contributed by atoms with Crippen molar-refractivity contribution in [2.75, 3.05) is 33.5 Å². The fourth-order valence-corrected chi connectivity index (χ4v) is 3.58. The van der Waals surface area contributed by atoms with Crippen LogP contribution < -0.4 is 0 Å². The highest BCUT2D eigenvalue weighted by Gasteiger charge is 2.40. The second kappa shape index (κ2) is 7.22. The summed E-state index contributed by atoms with van der Waals surface area (Å²) in [5.41, 5.74) is 0. The summed E-state index contributed by atoms with van der Waals surface area (Å²) in [6.07, 6.45) is 4.87. The van der Waals surface area contributed by atoms with Crippen LogP contribution in [-0.2, 0) is 14.3 Å². The number of rotatable bonds is 8. The second-order valence-corrected chi connectivity index (χ2v) is 5.66. The Labute approximate surface area is 114 Å². The number of piperidine rings is 1. The molecule has 1 N–H and O–H groups in total. The molecule has 2 saturated heterocycles. The number of nitrogens with zero attached hydrogens (tertiary/aromatic N) is 1. The number of methoxy groups -OCH3 is 1. The zero-order valence-corrected chi connectivity index (χ0v) is 11.7. The van der Waals surface area contributed by atoms with Crippen LogP contribution in [0, 0.1) is 5.92 Å². The van der Waals surface area contributed by atoms with Crippen molar-refractivity contribution in [3.8, 4) is 0 Å². The molecule has 2 rings (SSSR count). The average molecular weight is 271 g/mol. The van der Waals surface area contributed by atoms with Crippen molar-refractivity contribution >= 4 is 5.97 Å². The van der Waals surface area contributed by atoms with Crippen LogP contribution in [0.15, 0.2) is 0 Å². The van der Waals surface area contributed by atoms with E-state index in [2.05, 4.69) is 4.90 Å². The van der Waals surface area contributed by atoms with E-state index in [0.717, 1.165) is 26.0 Å². The quantitative estimate of drug-likeness (QED) is 0.676. The number of carbonyl (C=O) groups is 1. The maximum Gasteiger partial charge on any atom is 0.303 e. The molecule has 110 valence electrons. The lowest BCUT2D eigenvalue weighted by molar-refractivity contribution is -0.138. The van der Waals surface area contributed by atoms with Crippen molar-refractivity contribution in [2.24, 2.45) is 5.92 Å². The van der Waals surface area contributed by atoms with Gasteiger partial charge in [0.2, 0.25) is 0 Å². The van der Waals surface area contributed by atoms with Crippen LogP contribution in [0.25, 0.3) is 0 Å². The van der Waals surface area contributed by atoms with Crippen molar-refractivity contribution in [1.82, 2.24) is 4.90 Å². The Morgan fingerprint density at radius 1 is 1.21 bits per heavy atom. The standard InChI is InChI=1S/C14H25NO4/c1-18-6-7-19-5-4-15-12-2-3-13(15)9-11(8-12)10-14(16)17/h11-13H,2-10H2,1H3,(H,16,17). The minimum Gasteiger partial charge on any atom is -0.481 e. The molecule has 0 aromatic carbocycles. The third-order valence-corrected chi connectivity index (χ3v) is 4.37. The minimum absolute atomic E-state index is 0.338. The molecule has 2 bridgehead atoms. The van der Waals surface area contributed by atoms with Gasteiger partial charge in [-0.25, -0.2) is 0 Å². The summed E-state index contributed by atoms with van der Waals surface area (Å²) in [7, 11) is 1.68. The summed E-state index contributed by atoms with van der Waals surface area (Å²) < 4.78 is 10.5. The van der Waals surface area contributed by atoms with E-state index in [0.29, 0.717) is 37.6 Å². The molecule has 0 aromatic rings. The first-order valence-electron chi connectivity index (χ1n) is 7.25. The van der Waals surface area contributed by atoms with Gasteiger partial charge < -0.3 is 14.6 Å². The van der Waals surface area contributed by atoms with Crippen LogP contribution in [0.3, 0.4) is 0 Å². The van der Waals surface area contributed by atoms with Gasteiger partial charge >= 0.3 is 5.97 Å². The monoisotopic (exact) mass is 271 g/mol. The molecule has 0 radical (unpaired) electrons. The Morgan fingerprint density at radius 2 is 1.89 bits per heavy atom. The normalized spacial score (nSPS) is 30.7. The molecule has 5 nitrogen and oxygen atoms in total. The molecular weight excluding hydrogens is 246 g/mol. The lowest BCUT2D eigenvalue weighted by atomic mass is 9.88. The molecule has 0 amide bonds. The predicted octanol–water partition coefficient (Wildman–Crippen LogP) is 1.37. The van der Waals surface area contributed by atoms with Crippen molar-refractivity contribution < 1.29 is 19.4 Å². The van der Waals surface area contributed by atoms with Gasteiger partial charge in [0.1, 0.15) is 0 Å². The van der Waals surface area contributed by atoms with Crippen LogP contribution in [0.1, 0.15) is 32.1 Å². The molecule has 2 atom stereocenters. The minimum atomic E-state index is -0.652. The highest BCUT2D eigenvalue weighted by atomic mass is 16.5. The molecule has 0 aromatic heterocycles. The molecule has 0 saturated carbocycles. The Kier molecular flexibility index (Phi) is 5.60. The van der Waals surface area contributed by atoms with E-state index in [1.54, 1.807) is 7.11 Å². The molecule has 5 heteroatoms. The van der Waals surface area contributed by atoms with E-state index in [1.807, 2.05) is 0 Å². The van der Waals surface area contributed by atoms with E-state index < -0.39 is 5.97 Å². The Balaban J connectivity index is 1.71. The molecule has 2 unspecified atom stereocenters. The van der Waals surface area contributed by atoms with Gasteiger partial charge in [-0.15, -0.1) is 0 Å². The zero-order chi connectivity index (χ0) is 13.7. The highest BCUT2D eigenvalue weighted by Crippen LogP contribution is 2.39. The lowest BCUT2D eigenvalue weighted by Crippen LogP contribution is -2.44. The Bertz CT molecular complexity index is 283. The van der Waals surface area contributed by atoms with Gasteiger partial charge in [0.05, 0.1) is 19.8 Å². The van der Waals surface area contributed by atoms with Gasteiger partial charge in [-0.05, 0) is 31.6 Å². The number of hydrogen-bond donors (Lipinski definition) is 1. The summed E-state index contributed by atoms with van der Waals surface area (Å²) in [4.78, 5) is 13.3. The summed E-state index contributed by atoms with van der Waals surface area (Å²) in [6, 6.07) is 1.16. The van der Waals surface area contributed by atoms with Gasteiger partial charge in [0, 0.05) is 32.2 Å². The van der Waals surface area contributed by atoms with Crippen molar-refractivity contribution in [1.29, 1.82) is 0 Å². The molecule has 2 aliphatic rings. The van der Waals surface area contributed by atoms with Gasteiger partial charge in [-0.2, -0.15) is 0 Å². The summed E-state index contributed by atoms with van der Waals surface area (Å²) in [6.45, 7) is 3.02. The first-order chi connectivity index (χ1) is 9.20. The average Bonchev–Trinajstić information content (AvgIpc) is 2.59. The van der Waals surface area contributed by atoms with Crippen molar-refractivity contribution in [2.45, 2.75) is 44.2 Å². The molecule has 19 heavy (non-hydrogen) atoms. The number of carboxylic acids is 1. The summed E-state index contributed by atoms with van der Waals surface area (Å²) in [5, 5.41) is 8.90. The fraction of sp³-hybridized carbons (Fsp3) is 0.929. The summed E-state index contributed by atoms with van der Waals surface area (Å²) in [5.74, 6) is -0.276. The number of fused-ring (bicyclic) bond motifs is 2. The zero-order valence-electron chi connectivity index (χ0n) is 11.7. The van der Waals surface area contributed by atoms with Crippen LogP contribution in [0.2, 0.25) is 0 Å². The van der Waals surface area contributed by atoms with Crippen molar-refractivity contribution in [3.63, 3.8) is 0 Å². The van der Waals surface area contributed by atoms with E-state index >= 15 is 0 Å². The fourth-order valence-electron chi connectivity index (χ4n) is 3.58. The molecule has 0 spiro atoms. The van der Waals surface area contributed by atoms with Gasteiger partial charge in [0.25, 0.3) is 0 Å². The lowest BCUT2D eigenvalue weighted by Gasteiger charge is -2.38. The molecule has 0 aliphatic carbocycles. The third kappa shape index (κ3) is 4.16. The van der Waals surface area contributed by atoms with E-state index in [-0.39, 0.29) is 0 Å². The number of ether oxygens (including phenoxy) is 2. The van der Waals surface area contributed by atoms with Crippen LogP contribution >= 0.6 is 0 Å². The second-order valence-electron chi connectivity index (χ2n) is 5.66. The van der Waals surface area contributed by atoms with Gasteiger partial charge in [-0.3, -0.25) is 9.69 Å². The van der Waals surface area contributed by atoms with E-state index in [9.17, 15) is 4.79 Å². The third-order valence-electron chi connectivity index (χ3n) is 4.37. The number of aliphatic carboxylic acids is 1. The topological polar surface area (TPSA) is 59.0 Å². The first kappa shape index (κ1) is 14.8. The maximum absolute atomic E-state index is 10.8. The SMILES string of the molecule is COCCOCCN1C2CCC1CC(CC(=O)O)C2. The van der Waals surface area contributed by atoms with Gasteiger partial charge in [0.15, 0.2) is 0 Å². The predicted molar refractivity (Wildman–Crippen MR) is 71.2 cm³/mol. The number of carboxylic acid groups (broad SMARTS) is 1. The largest absolute Gasteiger partial charge is 0.481 e. The van der Waals surface area contributed by atoms with Crippen LogP contribution in [0.4, 0.5) is 0 Å². The van der Waals surface area contributed by atoms with Gasteiger partial charge in [-0.1, -0.05) is 0 Å². The molecular formula is C14H25NO4. The first-order valence-corrected chi connectivity index (χ1v) is 7.25. The van der Waals surface area contributed by atoms with Crippen LogP contribution in [0.5, 0.6) is 0 Å². The molecule has 2 fully saturated rings. The molecule has 2 aliphatic heterocycles. The smallest absolute Gasteiger partial charge is 0.303 e. The van der Waals surface area contributed by atoms with E-state index in [1.165, 1.54) is 12.8 Å². The molecule has 2 heterocycles.